The molecule has 0 saturated heterocycles. The summed E-state index contributed by atoms with van der Waals surface area (Å²) >= 11 is 0. The van der Waals surface area contributed by atoms with Crippen molar-refractivity contribution in [2.75, 3.05) is 19.5 Å². The van der Waals surface area contributed by atoms with Crippen molar-refractivity contribution in [1.29, 1.82) is 0 Å². The Hall–Kier alpha value is -3.28. The molecule has 2 aromatic carbocycles. The smallest absolute Gasteiger partial charge is 0.226 e. The molecule has 27 heavy (non-hydrogen) atoms. The van der Waals surface area contributed by atoms with Crippen molar-refractivity contribution in [3.8, 4) is 11.5 Å². The maximum absolute atomic E-state index is 5.62. The van der Waals surface area contributed by atoms with Gasteiger partial charge in [0, 0.05) is 17.3 Å². The largest absolute Gasteiger partial charge is 0.497 e. The normalized spacial score (nSPS) is 15.6. The Morgan fingerprint density at radius 3 is 2.59 bits per heavy atom. The average molecular weight is 362 g/mol. The number of hydrogen-bond acceptors (Lipinski definition) is 5. The molecule has 0 bridgehead atoms. The lowest BCUT2D eigenvalue weighted by molar-refractivity contribution is 0.387. The Morgan fingerprint density at radius 2 is 1.85 bits per heavy atom. The number of anilines is 1. The standard InChI is InChI=1S/C21H22N4O2/c1-13-5-6-15(9-14(13)2)18-11-19(25-21(24-18)22-12-23-25)17-8-7-16(26-3)10-20(17)27-4/h5-12,19H,1-4H3,(H,22,23,24)/t19-/m1/s1. The maximum atomic E-state index is 5.62. The van der Waals surface area contributed by atoms with Gasteiger partial charge in [-0.15, -0.1) is 0 Å². The lowest BCUT2D eigenvalue weighted by Gasteiger charge is -2.26. The van der Waals surface area contributed by atoms with Gasteiger partial charge in [0.05, 0.1) is 14.2 Å². The van der Waals surface area contributed by atoms with E-state index in [2.05, 4.69) is 53.5 Å². The lowest BCUT2D eigenvalue weighted by Crippen LogP contribution is -2.20. The topological polar surface area (TPSA) is 61.2 Å². The minimum absolute atomic E-state index is 0.138. The molecule has 138 valence electrons. The maximum Gasteiger partial charge on any atom is 0.226 e. The van der Waals surface area contributed by atoms with Crippen molar-refractivity contribution in [3.05, 3.63) is 71.1 Å². The van der Waals surface area contributed by atoms with Crippen molar-refractivity contribution in [3.63, 3.8) is 0 Å². The fraction of sp³-hybridized carbons (Fsp3) is 0.238. The van der Waals surface area contributed by atoms with Gasteiger partial charge < -0.3 is 14.8 Å². The number of fused-ring (bicyclic) bond motifs is 1. The molecule has 2 heterocycles. The molecule has 3 aromatic rings. The van der Waals surface area contributed by atoms with Gasteiger partial charge in [-0.3, -0.25) is 0 Å². The fourth-order valence-electron chi connectivity index (χ4n) is 3.30. The van der Waals surface area contributed by atoms with Gasteiger partial charge >= 0.3 is 0 Å². The van der Waals surface area contributed by atoms with Gasteiger partial charge in [0.15, 0.2) is 0 Å². The molecule has 6 nitrogen and oxygen atoms in total. The molecule has 0 fully saturated rings. The summed E-state index contributed by atoms with van der Waals surface area (Å²) in [5, 5.41) is 7.79. The van der Waals surface area contributed by atoms with Crippen LogP contribution in [0.5, 0.6) is 11.5 Å². The number of allylic oxidation sites excluding steroid dienone is 1. The molecular weight excluding hydrogens is 340 g/mol. The van der Waals surface area contributed by atoms with Crippen LogP contribution in [0.25, 0.3) is 5.70 Å². The van der Waals surface area contributed by atoms with Crippen molar-refractivity contribution < 1.29 is 9.47 Å². The summed E-state index contributed by atoms with van der Waals surface area (Å²) in [6, 6.07) is 12.1. The summed E-state index contributed by atoms with van der Waals surface area (Å²) in [7, 11) is 3.31. The highest BCUT2D eigenvalue weighted by Crippen LogP contribution is 2.37. The third-order valence-electron chi connectivity index (χ3n) is 4.98. The summed E-state index contributed by atoms with van der Waals surface area (Å²) in [5.41, 5.74) is 5.63. The van der Waals surface area contributed by atoms with Gasteiger partial charge in [0.2, 0.25) is 5.95 Å². The summed E-state index contributed by atoms with van der Waals surface area (Å²) in [6.07, 6.45) is 3.71. The van der Waals surface area contributed by atoms with E-state index in [4.69, 9.17) is 9.47 Å². The first-order valence-electron chi connectivity index (χ1n) is 8.78. The first-order chi connectivity index (χ1) is 13.1. The number of nitrogens with zero attached hydrogens (tertiary/aromatic N) is 3. The Bertz CT molecular complexity index is 1020. The molecule has 1 aromatic heterocycles. The van der Waals surface area contributed by atoms with Gasteiger partial charge in [0.1, 0.15) is 23.9 Å². The molecule has 0 amide bonds. The van der Waals surface area contributed by atoms with Crippen molar-refractivity contribution in [1.82, 2.24) is 14.8 Å². The van der Waals surface area contributed by atoms with E-state index in [9.17, 15) is 0 Å². The van der Waals surface area contributed by atoms with Crippen LogP contribution in [0.15, 0.2) is 48.8 Å². The van der Waals surface area contributed by atoms with Gasteiger partial charge in [-0.1, -0.05) is 12.1 Å². The number of nitrogens with one attached hydrogen (secondary N) is 1. The zero-order valence-corrected chi connectivity index (χ0v) is 15.9. The monoisotopic (exact) mass is 362 g/mol. The minimum atomic E-state index is -0.138. The number of hydrogen-bond donors (Lipinski definition) is 1. The van der Waals surface area contributed by atoms with Crippen molar-refractivity contribution in [2.24, 2.45) is 0 Å². The van der Waals surface area contributed by atoms with E-state index >= 15 is 0 Å². The van der Waals surface area contributed by atoms with Crippen molar-refractivity contribution >= 4 is 11.6 Å². The number of ether oxygens (including phenoxy) is 2. The van der Waals surface area contributed by atoms with Gasteiger partial charge in [-0.2, -0.15) is 10.1 Å². The number of aryl methyl sites for hydroxylation is 2. The third kappa shape index (κ3) is 3.03. The van der Waals surface area contributed by atoms with Crippen molar-refractivity contribution in [2.45, 2.75) is 19.9 Å². The van der Waals surface area contributed by atoms with Crippen LogP contribution < -0.4 is 14.8 Å². The molecule has 0 aliphatic carbocycles. The molecule has 1 atom stereocenters. The van der Waals surface area contributed by atoms with Crippen LogP contribution in [0.1, 0.15) is 28.3 Å². The Labute approximate surface area is 158 Å². The number of rotatable bonds is 4. The summed E-state index contributed by atoms with van der Waals surface area (Å²) in [6.45, 7) is 4.23. The van der Waals surface area contributed by atoms with E-state index < -0.39 is 0 Å². The quantitative estimate of drug-likeness (QED) is 0.761. The molecule has 1 N–H and O–H groups in total. The second-order valence-electron chi connectivity index (χ2n) is 6.59. The first kappa shape index (κ1) is 17.1. The molecule has 0 unspecified atom stereocenters. The predicted molar refractivity (Wildman–Crippen MR) is 105 cm³/mol. The number of methoxy groups -OCH3 is 2. The van der Waals surface area contributed by atoms with E-state index in [-0.39, 0.29) is 6.04 Å². The summed E-state index contributed by atoms with van der Waals surface area (Å²) < 4.78 is 12.8. The van der Waals surface area contributed by atoms with Crippen LogP contribution in [-0.2, 0) is 0 Å². The summed E-state index contributed by atoms with van der Waals surface area (Å²) in [4.78, 5) is 4.37. The molecule has 1 aliphatic heterocycles. The summed E-state index contributed by atoms with van der Waals surface area (Å²) in [5.74, 6) is 2.20. The zero-order valence-electron chi connectivity index (χ0n) is 15.9. The second kappa shape index (κ2) is 6.79. The van der Waals surface area contributed by atoms with Gasteiger partial charge in [-0.05, 0) is 54.8 Å². The highest BCUT2D eigenvalue weighted by atomic mass is 16.5. The van der Waals surface area contributed by atoms with E-state index in [1.165, 1.54) is 11.1 Å². The molecule has 1 aliphatic rings. The van der Waals surface area contributed by atoms with Crippen LogP contribution in [-0.4, -0.2) is 29.0 Å². The molecule has 0 saturated carbocycles. The third-order valence-corrected chi connectivity index (χ3v) is 4.98. The van der Waals surface area contributed by atoms with Crippen LogP contribution >= 0.6 is 0 Å². The molecule has 4 rings (SSSR count). The SMILES string of the molecule is COc1ccc([C@H]2C=C(c3ccc(C)c(C)c3)Nc3ncnn32)c(OC)c1. The first-order valence-corrected chi connectivity index (χ1v) is 8.78. The number of aromatic nitrogens is 3. The minimum Gasteiger partial charge on any atom is -0.497 e. The second-order valence-corrected chi connectivity index (χ2v) is 6.59. The molecular formula is C21H22N4O2. The molecule has 6 heteroatoms. The lowest BCUT2D eigenvalue weighted by atomic mass is 9.99. The fourth-order valence-corrected chi connectivity index (χ4v) is 3.30. The van der Waals surface area contributed by atoms with Crippen LogP contribution in [0, 0.1) is 13.8 Å². The average Bonchev–Trinajstić information content (AvgIpc) is 3.17. The van der Waals surface area contributed by atoms with Crippen LogP contribution in [0.4, 0.5) is 5.95 Å². The van der Waals surface area contributed by atoms with E-state index in [1.807, 2.05) is 22.9 Å². The number of benzene rings is 2. The Kier molecular flexibility index (Phi) is 4.32. The van der Waals surface area contributed by atoms with E-state index in [1.54, 1.807) is 20.5 Å². The van der Waals surface area contributed by atoms with Gasteiger partial charge in [-0.25, -0.2) is 4.68 Å². The molecule has 0 radical (unpaired) electrons. The van der Waals surface area contributed by atoms with Crippen LogP contribution in [0.2, 0.25) is 0 Å². The van der Waals surface area contributed by atoms with E-state index in [0.717, 1.165) is 28.3 Å². The van der Waals surface area contributed by atoms with Crippen LogP contribution in [0.3, 0.4) is 0 Å². The highest BCUT2D eigenvalue weighted by Gasteiger charge is 2.26. The van der Waals surface area contributed by atoms with E-state index in [0.29, 0.717) is 5.95 Å². The Morgan fingerprint density at radius 1 is 1.00 bits per heavy atom. The van der Waals surface area contributed by atoms with Gasteiger partial charge in [0.25, 0.3) is 0 Å². The highest BCUT2D eigenvalue weighted by molar-refractivity contribution is 5.77. The predicted octanol–water partition coefficient (Wildman–Crippen LogP) is 3.97. The zero-order chi connectivity index (χ0) is 19.0. The molecule has 0 spiro atoms. The Balaban J connectivity index is 1.83.